The van der Waals surface area contributed by atoms with Crippen molar-refractivity contribution in [1.29, 1.82) is 5.26 Å². The van der Waals surface area contributed by atoms with Gasteiger partial charge in [0.15, 0.2) is 0 Å². The fourth-order valence-electron chi connectivity index (χ4n) is 1.40. The highest BCUT2D eigenvalue weighted by Crippen LogP contribution is 2.23. The molecule has 0 aliphatic heterocycles. The van der Waals surface area contributed by atoms with Crippen LogP contribution >= 0.6 is 27.3 Å². The number of halogens is 1. The molecule has 0 radical (unpaired) electrons. The van der Waals surface area contributed by atoms with Gasteiger partial charge in [0, 0.05) is 10.6 Å². The van der Waals surface area contributed by atoms with E-state index >= 15 is 0 Å². The lowest BCUT2D eigenvalue weighted by Gasteiger charge is -2.06. The second-order valence-electron chi connectivity index (χ2n) is 3.52. The largest absolute Gasteiger partial charge is 0.364 e. The van der Waals surface area contributed by atoms with Gasteiger partial charge in [0.05, 0.1) is 15.9 Å². The average molecular weight is 308 g/mol. The summed E-state index contributed by atoms with van der Waals surface area (Å²) in [5.74, 6) is 0.650. The topological polar surface area (TPSA) is 48.7 Å². The van der Waals surface area contributed by atoms with Gasteiger partial charge < -0.3 is 5.32 Å². The van der Waals surface area contributed by atoms with Gasteiger partial charge in [0.25, 0.3) is 0 Å². The van der Waals surface area contributed by atoms with Crippen molar-refractivity contribution in [2.24, 2.45) is 0 Å². The zero-order valence-corrected chi connectivity index (χ0v) is 11.6. The number of rotatable bonds is 3. The highest BCUT2D eigenvalue weighted by Gasteiger charge is 2.04. The molecule has 2 rings (SSSR count). The average Bonchev–Trinajstić information content (AvgIpc) is 2.73. The molecule has 0 spiro atoms. The molecule has 0 saturated heterocycles. The number of anilines is 1. The third-order valence-electron chi connectivity index (χ3n) is 2.21. The van der Waals surface area contributed by atoms with Crippen LogP contribution in [-0.4, -0.2) is 4.98 Å². The van der Waals surface area contributed by atoms with Crippen molar-refractivity contribution in [3.63, 3.8) is 0 Å². The molecule has 86 valence electrons. The van der Waals surface area contributed by atoms with Crippen molar-refractivity contribution >= 4 is 33.1 Å². The number of aromatic nitrogens is 1. The van der Waals surface area contributed by atoms with Crippen LogP contribution in [0.5, 0.6) is 0 Å². The van der Waals surface area contributed by atoms with Crippen molar-refractivity contribution in [2.45, 2.75) is 13.5 Å². The molecule has 0 atom stereocenters. The fourth-order valence-corrected chi connectivity index (χ4v) is 2.82. The first-order valence-electron chi connectivity index (χ1n) is 5.05. The van der Waals surface area contributed by atoms with Crippen LogP contribution in [0.1, 0.15) is 16.1 Å². The minimum atomic E-state index is 0.575. The minimum absolute atomic E-state index is 0.575. The molecule has 0 fully saturated rings. The van der Waals surface area contributed by atoms with E-state index in [1.807, 2.05) is 25.1 Å². The molecule has 3 nitrogen and oxygen atoms in total. The number of hydrogen-bond acceptors (Lipinski definition) is 4. The van der Waals surface area contributed by atoms with Crippen LogP contribution in [0, 0.1) is 18.3 Å². The molecule has 0 bridgehead atoms. The van der Waals surface area contributed by atoms with E-state index in [0.29, 0.717) is 17.9 Å². The number of thiophene rings is 1. The van der Waals surface area contributed by atoms with Gasteiger partial charge in [0.1, 0.15) is 11.9 Å². The summed E-state index contributed by atoms with van der Waals surface area (Å²) in [5, 5.41) is 12.2. The Kier molecular flexibility index (Phi) is 3.77. The molecule has 0 unspecified atom stereocenters. The molecule has 0 amide bonds. The molecule has 5 heteroatoms. The van der Waals surface area contributed by atoms with E-state index in [-0.39, 0.29) is 0 Å². The lowest BCUT2D eigenvalue weighted by Crippen LogP contribution is -2.02. The van der Waals surface area contributed by atoms with Gasteiger partial charge in [-0.15, -0.1) is 11.3 Å². The van der Waals surface area contributed by atoms with Crippen LogP contribution in [-0.2, 0) is 6.54 Å². The Hall–Kier alpha value is -1.38. The normalized spacial score (nSPS) is 9.94. The smallest absolute Gasteiger partial charge is 0.144 e. The third-order valence-corrected chi connectivity index (χ3v) is 3.84. The lowest BCUT2D eigenvalue weighted by atomic mass is 10.2. The Morgan fingerprint density at radius 2 is 2.24 bits per heavy atom. The van der Waals surface area contributed by atoms with E-state index in [4.69, 9.17) is 5.26 Å². The highest BCUT2D eigenvalue weighted by atomic mass is 79.9. The van der Waals surface area contributed by atoms with Crippen LogP contribution in [0.2, 0.25) is 0 Å². The van der Waals surface area contributed by atoms with Crippen LogP contribution in [0.15, 0.2) is 28.1 Å². The van der Waals surface area contributed by atoms with Gasteiger partial charge in [-0.05, 0) is 47.1 Å². The summed E-state index contributed by atoms with van der Waals surface area (Å²) >= 11 is 5.09. The van der Waals surface area contributed by atoms with Gasteiger partial charge in [-0.1, -0.05) is 0 Å². The highest BCUT2D eigenvalue weighted by molar-refractivity contribution is 9.11. The first kappa shape index (κ1) is 12.1. The minimum Gasteiger partial charge on any atom is -0.364 e. The summed E-state index contributed by atoms with van der Waals surface area (Å²) in [5.41, 5.74) is 1.48. The maximum absolute atomic E-state index is 8.98. The maximum Gasteiger partial charge on any atom is 0.144 e. The summed E-state index contributed by atoms with van der Waals surface area (Å²) in [7, 11) is 0. The number of pyridine rings is 1. The molecule has 0 aliphatic rings. The van der Waals surface area contributed by atoms with Gasteiger partial charge in [-0.25, -0.2) is 4.98 Å². The zero-order valence-electron chi connectivity index (χ0n) is 9.20. The Labute approximate surface area is 112 Å². The second-order valence-corrected chi connectivity index (χ2v) is 6.07. The van der Waals surface area contributed by atoms with Crippen molar-refractivity contribution in [1.82, 2.24) is 4.98 Å². The summed E-state index contributed by atoms with van der Waals surface area (Å²) in [4.78, 5) is 5.52. The number of nitrogens with one attached hydrogen (secondary N) is 1. The predicted octanol–water partition coefficient (Wildman–Crippen LogP) is 3.70. The molecule has 2 aromatic rings. The first-order valence-corrected chi connectivity index (χ1v) is 6.66. The second kappa shape index (κ2) is 5.30. The summed E-state index contributed by atoms with van der Waals surface area (Å²) in [6.07, 6.45) is 0. The molecule has 0 aliphatic carbocycles. The zero-order chi connectivity index (χ0) is 12.3. The number of hydrogen-bond donors (Lipinski definition) is 1. The standard InChI is InChI=1S/C12H10BrN3S/c1-8-2-3-9(6-14)12(16-8)15-7-10-4-5-11(13)17-10/h2-5H,7H2,1H3,(H,15,16). The van der Waals surface area contributed by atoms with E-state index in [1.165, 1.54) is 4.88 Å². The molecule has 1 N–H and O–H groups in total. The number of nitrogens with zero attached hydrogens (tertiary/aromatic N) is 2. The lowest BCUT2D eigenvalue weighted by molar-refractivity contribution is 1.10. The van der Waals surface area contributed by atoms with Crippen molar-refractivity contribution < 1.29 is 0 Å². The fraction of sp³-hybridized carbons (Fsp3) is 0.167. The van der Waals surface area contributed by atoms with E-state index in [0.717, 1.165) is 9.48 Å². The molecule has 0 saturated carbocycles. The summed E-state index contributed by atoms with van der Waals surface area (Å²) in [6.45, 7) is 2.59. The molecular formula is C12H10BrN3S. The Morgan fingerprint density at radius 1 is 1.41 bits per heavy atom. The van der Waals surface area contributed by atoms with Crippen molar-refractivity contribution in [3.05, 3.63) is 44.2 Å². The predicted molar refractivity (Wildman–Crippen MR) is 73.0 cm³/mol. The van der Waals surface area contributed by atoms with E-state index in [9.17, 15) is 0 Å². The van der Waals surface area contributed by atoms with Gasteiger partial charge in [0.2, 0.25) is 0 Å². The van der Waals surface area contributed by atoms with Crippen molar-refractivity contribution in [3.8, 4) is 6.07 Å². The third kappa shape index (κ3) is 3.05. The number of nitriles is 1. The van der Waals surface area contributed by atoms with Crippen LogP contribution in [0.25, 0.3) is 0 Å². The number of aryl methyl sites for hydroxylation is 1. The van der Waals surface area contributed by atoms with Crippen LogP contribution in [0.3, 0.4) is 0 Å². The Balaban J connectivity index is 2.13. The first-order chi connectivity index (χ1) is 8.19. The van der Waals surface area contributed by atoms with Gasteiger partial charge in [-0.3, -0.25) is 0 Å². The van der Waals surface area contributed by atoms with Crippen LogP contribution < -0.4 is 5.32 Å². The SMILES string of the molecule is Cc1ccc(C#N)c(NCc2ccc(Br)s2)n1. The Bertz CT molecular complexity index is 571. The maximum atomic E-state index is 8.98. The van der Waals surface area contributed by atoms with Crippen molar-refractivity contribution in [2.75, 3.05) is 5.32 Å². The monoisotopic (exact) mass is 307 g/mol. The molecule has 0 aromatic carbocycles. The molecular weight excluding hydrogens is 298 g/mol. The summed E-state index contributed by atoms with van der Waals surface area (Å²) < 4.78 is 1.10. The van der Waals surface area contributed by atoms with E-state index in [1.54, 1.807) is 17.4 Å². The van der Waals surface area contributed by atoms with E-state index in [2.05, 4.69) is 32.3 Å². The molecule has 2 heterocycles. The van der Waals surface area contributed by atoms with Crippen LogP contribution in [0.4, 0.5) is 5.82 Å². The Morgan fingerprint density at radius 3 is 2.88 bits per heavy atom. The van der Waals surface area contributed by atoms with E-state index < -0.39 is 0 Å². The summed E-state index contributed by atoms with van der Waals surface area (Å²) in [6, 6.07) is 9.81. The quantitative estimate of drug-likeness (QED) is 0.940. The van der Waals surface area contributed by atoms with Gasteiger partial charge in [-0.2, -0.15) is 5.26 Å². The molecule has 17 heavy (non-hydrogen) atoms. The molecule has 2 aromatic heterocycles. The van der Waals surface area contributed by atoms with Gasteiger partial charge >= 0.3 is 0 Å².